The van der Waals surface area contributed by atoms with E-state index in [0.29, 0.717) is 0 Å². The Kier molecular flexibility index (Phi) is 14.2. The lowest BCUT2D eigenvalue weighted by Crippen LogP contribution is -1.98. The second kappa shape index (κ2) is 17.9. The third kappa shape index (κ3) is 9.82. The molecule has 0 aromatic heterocycles. The molecule has 4 rings (SSSR count). The molecule has 0 saturated carbocycles. The lowest BCUT2D eigenvalue weighted by Gasteiger charge is -2.10. The summed E-state index contributed by atoms with van der Waals surface area (Å²) in [5, 5.41) is 4.49. The van der Waals surface area contributed by atoms with E-state index in [1.807, 2.05) is 36.4 Å². The molecule has 0 atom stereocenters. The standard InChI is InChI=1S/C18H22O2.C17H21IO/c1-2-3-4-5-6-13-20-18-12-8-10-16-15(14-19)9-7-11-17(16)18;1-2-3-4-5-6-13-19-17-12-8-9-14-15(17)10-7-11-16(14)18/h7-12,14H,2-6,13H2,1H3;7-12H,2-6,13H2,1H3. The number of rotatable bonds is 15. The molecular formula is C35H43IO3. The smallest absolute Gasteiger partial charge is 0.150 e. The van der Waals surface area contributed by atoms with Crippen LogP contribution in [0.5, 0.6) is 11.5 Å². The molecule has 0 radical (unpaired) electrons. The van der Waals surface area contributed by atoms with Crippen LogP contribution in [0.2, 0.25) is 0 Å². The number of carbonyl (C=O) groups excluding carboxylic acids is 1. The largest absolute Gasteiger partial charge is 0.493 e. The van der Waals surface area contributed by atoms with E-state index in [1.165, 1.54) is 65.7 Å². The Hall–Kier alpha value is -2.60. The molecule has 4 aromatic carbocycles. The zero-order valence-electron chi connectivity index (χ0n) is 23.6. The molecule has 0 heterocycles. The SMILES string of the molecule is CCCCCCCOc1cccc2c(C=O)cccc12.CCCCCCCOc1cccc2c(I)cccc12. The minimum atomic E-state index is 0.718. The molecule has 0 fully saturated rings. The first-order valence-corrected chi connectivity index (χ1v) is 15.7. The van der Waals surface area contributed by atoms with Gasteiger partial charge in [-0.05, 0) is 64.4 Å². The van der Waals surface area contributed by atoms with Crippen molar-refractivity contribution in [2.75, 3.05) is 13.2 Å². The van der Waals surface area contributed by atoms with Gasteiger partial charge >= 0.3 is 0 Å². The molecule has 0 aliphatic rings. The summed E-state index contributed by atoms with van der Waals surface area (Å²) in [5.41, 5.74) is 0.718. The van der Waals surface area contributed by atoms with Gasteiger partial charge in [-0.25, -0.2) is 0 Å². The molecular weight excluding hydrogens is 595 g/mol. The molecule has 0 spiro atoms. The van der Waals surface area contributed by atoms with Gasteiger partial charge in [0, 0.05) is 19.9 Å². The van der Waals surface area contributed by atoms with Gasteiger partial charge in [-0.3, -0.25) is 4.79 Å². The minimum Gasteiger partial charge on any atom is -0.493 e. The van der Waals surface area contributed by atoms with Gasteiger partial charge in [0.15, 0.2) is 6.29 Å². The van der Waals surface area contributed by atoms with Gasteiger partial charge in [-0.15, -0.1) is 0 Å². The lowest BCUT2D eigenvalue weighted by atomic mass is 10.0. The van der Waals surface area contributed by atoms with Crippen molar-refractivity contribution in [2.24, 2.45) is 0 Å². The number of carbonyl (C=O) groups is 1. The fourth-order valence-electron chi connectivity index (χ4n) is 4.68. The van der Waals surface area contributed by atoms with Crippen molar-refractivity contribution in [1.29, 1.82) is 0 Å². The van der Waals surface area contributed by atoms with E-state index >= 15 is 0 Å². The molecule has 0 N–H and O–H groups in total. The maximum atomic E-state index is 11.1. The fraction of sp³-hybridized carbons (Fsp3) is 0.400. The molecule has 0 bridgehead atoms. The molecule has 208 valence electrons. The van der Waals surface area contributed by atoms with Crippen LogP contribution < -0.4 is 9.47 Å². The number of aldehydes is 1. The molecule has 0 aliphatic carbocycles. The molecule has 0 aliphatic heterocycles. The summed E-state index contributed by atoms with van der Waals surface area (Å²) in [7, 11) is 0. The Bertz CT molecular complexity index is 1280. The van der Waals surface area contributed by atoms with Gasteiger partial charge in [0.05, 0.1) is 13.2 Å². The van der Waals surface area contributed by atoms with Gasteiger partial charge in [0.2, 0.25) is 0 Å². The van der Waals surface area contributed by atoms with Crippen molar-refractivity contribution in [3.05, 3.63) is 81.9 Å². The Morgan fingerprint density at radius 3 is 1.59 bits per heavy atom. The van der Waals surface area contributed by atoms with Crippen LogP contribution in [0, 0.1) is 3.57 Å². The van der Waals surface area contributed by atoms with Gasteiger partial charge in [-0.2, -0.15) is 0 Å². The maximum absolute atomic E-state index is 11.1. The summed E-state index contributed by atoms with van der Waals surface area (Å²) < 4.78 is 13.1. The number of halogens is 1. The van der Waals surface area contributed by atoms with E-state index in [-0.39, 0.29) is 0 Å². The average molecular weight is 639 g/mol. The quantitative estimate of drug-likeness (QED) is 0.0738. The number of ether oxygens (including phenoxy) is 2. The summed E-state index contributed by atoms with van der Waals surface area (Å²) in [6.45, 7) is 6.04. The van der Waals surface area contributed by atoms with Crippen molar-refractivity contribution in [3.63, 3.8) is 0 Å². The Morgan fingerprint density at radius 2 is 1.03 bits per heavy atom. The van der Waals surface area contributed by atoms with Gasteiger partial charge in [-0.1, -0.05) is 120 Å². The van der Waals surface area contributed by atoms with Crippen LogP contribution in [-0.2, 0) is 0 Å². The zero-order chi connectivity index (χ0) is 27.7. The second-order valence-electron chi connectivity index (χ2n) is 9.93. The second-order valence-corrected chi connectivity index (χ2v) is 11.1. The highest BCUT2D eigenvalue weighted by molar-refractivity contribution is 14.1. The van der Waals surface area contributed by atoms with E-state index in [4.69, 9.17) is 9.47 Å². The summed E-state index contributed by atoms with van der Waals surface area (Å²) >= 11 is 2.38. The van der Waals surface area contributed by atoms with Gasteiger partial charge in [0.1, 0.15) is 11.5 Å². The summed E-state index contributed by atoms with van der Waals surface area (Å²) in [4.78, 5) is 11.1. The number of hydrogen-bond acceptors (Lipinski definition) is 3. The van der Waals surface area contributed by atoms with Crippen molar-refractivity contribution < 1.29 is 14.3 Å². The van der Waals surface area contributed by atoms with E-state index in [9.17, 15) is 4.79 Å². The molecule has 4 heteroatoms. The van der Waals surface area contributed by atoms with Crippen molar-refractivity contribution in [3.8, 4) is 11.5 Å². The minimum absolute atomic E-state index is 0.718. The third-order valence-corrected chi connectivity index (χ3v) is 7.82. The van der Waals surface area contributed by atoms with E-state index in [1.54, 1.807) is 0 Å². The van der Waals surface area contributed by atoms with Crippen LogP contribution in [0.3, 0.4) is 0 Å². The van der Waals surface area contributed by atoms with Crippen LogP contribution in [0.1, 0.15) is 88.4 Å². The molecule has 0 saturated heterocycles. The van der Waals surface area contributed by atoms with Gasteiger partial charge in [0.25, 0.3) is 0 Å². The van der Waals surface area contributed by atoms with Gasteiger partial charge < -0.3 is 9.47 Å². The van der Waals surface area contributed by atoms with Crippen LogP contribution in [0.25, 0.3) is 21.5 Å². The molecule has 0 unspecified atom stereocenters. The third-order valence-electron chi connectivity index (χ3n) is 6.88. The summed E-state index contributed by atoms with van der Waals surface area (Å²) in [6.07, 6.45) is 13.4. The molecule has 0 amide bonds. The number of unbranched alkanes of at least 4 members (excludes halogenated alkanes) is 8. The molecule has 3 nitrogen and oxygen atoms in total. The van der Waals surface area contributed by atoms with Crippen molar-refractivity contribution >= 4 is 50.4 Å². The Balaban J connectivity index is 0.000000216. The van der Waals surface area contributed by atoms with Crippen LogP contribution >= 0.6 is 22.6 Å². The topological polar surface area (TPSA) is 35.5 Å². The highest BCUT2D eigenvalue weighted by Crippen LogP contribution is 2.29. The van der Waals surface area contributed by atoms with E-state index in [0.717, 1.165) is 60.2 Å². The number of benzene rings is 4. The zero-order valence-corrected chi connectivity index (χ0v) is 25.8. The molecule has 4 aromatic rings. The Labute approximate surface area is 248 Å². The maximum Gasteiger partial charge on any atom is 0.150 e. The normalized spacial score (nSPS) is 10.7. The fourth-order valence-corrected chi connectivity index (χ4v) is 5.36. The summed E-state index contributed by atoms with van der Waals surface area (Å²) in [6, 6.07) is 24.3. The highest BCUT2D eigenvalue weighted by Gasteiger charge is 2.06. The molecule has 39 heavy (non-hydrogen) atoms. The first-order valence-electron chi connectivity index (χ1n) is 14.6. The first-order chi connectivity index (χ1) is 19.2. The van der Waals surface area contributed by atoms with Crippen LogP contribution in [0.15, 0.2) is 72.8 Å². The van der Waals surface area contributed by atoms with E-state index < -0.39 is 0 Å². The van der Waals surface area contributed by atoms with Crippen molar-refractivity contribution in [1.82, 2.24) is 0 Å². The highest BCUT2D eigenvalue weighted by atomic mass is 127. The predicted octanol–water partition coefficient (Wildman–Crippen LogP) is 10.8. The van der Waals surface area contributed by atoms with E-state index in [2.05, 4.69) is 72.8 Å². The Morgan fingerprint density at radius 1 is 0.564 bits per heavy atom. The summed E-state index contributed by atoms with van der Waals surface area (Å²) in [5.74, 6) is 1.90. The lowest BCUT2D eigenvalue weighted by molar-refractivity contribution is 0.112. The predicted molar refractivity (Wildman–Crippen MR) is 175 cm³/mol. The van der Waals surface area contributed by atoms with Crippen molar-refractivity contribution in [2.45, 2.75) is 78.1 Å². The number of fused-ring (bicyclic) bond motifs is 2. The monoisotopic (exact) mass is 638 g/mol. The van der Waals surface area contributed by atoms with Crippen LogP contribution in [-0.4, -0.2) is 19.5 Å². The first kappa shape index (κ1) is 30.9. The number of hydrogen-bond donors (Lipinski definition) is 0. The van der Waals surface area contributed by atoms with Crippen LogP contribution in [0.4, 0.5) is 0 Å². The average Bonchev–Trinajstić information content (AvgIpc) is 2.97.